The average Bonchev–Trinajstić information content (AvgIpc) is 2.58. The highest BCUT2D eigenvalue weighted by atomic mass is 16.6. The van der Waals surface area contributed by atoms with Crippen LogP contribution in [0.4, 0.5) is 0 Å². The van der Waals surface area contributed by atoms with E-state index in [1.54, 1.807) is 0 Å². The van der Waals surface area contributed by atoms with Crippen molar-refractivity contribution in [3.05, 3.63) is 0 Å². The number of hydrogen-bond donors (Lipinski definition) is 0. The van der Waals surface area contributed by atoms with Crippen molar-refractivity contribution in [1.29, 1.82) is 0 Å². The van der Waals surface area contributed by atoms with Gasteiger partial charge < -0.3 is 4.74 Å². The van der Waals surface area contributed by atoms with E-state index in [1.807, 2.05) is 13.8 Å². The molecule has 2 fully saturated rings. The summed E-state index contributed by atoms with van der Waals surface area (Å²) in [5.74, 6) is 0.177. The Bertz CT molecular complexity index is 342. The fourth-order valence-corrected chi connectivity index (χ4v) is 4.71. The van der Waals surface area contributed by atoms with Gasteiger partial charge in [-0.2, -0.15) is 0 Å². The molecule has 2 aliphatic rings. The molecule has 0 aliphatic heterocycles. The minimum absolute atomic E-state index is 0.0805. The molecule has 23 heavy (non-hydrogen) atoms. The zero-order chi connectivity index (χ0) is 16.7. The van der Waals surface area contributed by atoms with Crippen LogP contribution < -0.4 is 0 Å². The number of esters is 2. The van der Waals surface area contributed by atoms with E-state index < -0.39 is 0 Å². The van der Waals surface area contributed by atoms with Gasteiger partial charge in [0, 0.05) is 0 Å². The molecule has 0 amide bonds. The van der Waals surface area contributed by atoms with Crippen LogP contribution in [-0.2, 0) is 14.3 Å². The summed E-state index contributed by atoms with van der Waals surface area (Å²) < 4.78 is 5.39. The van der Waals surface area contributed by atoms with E-state index >= 15 is 0 Å². The topological polar surface area (TPSA) is 43.4 Å². The van der Waals surface area contributed by atoms with Crippen molar-refractivity contribution >= 4 is 11.9 Å². The first kappa shape index (κ1) is 18.5. The Kier molecular flexibility index (Phi) is 7.58. The minimum atomic E-state index is -0.251. The Labute approximate surface area is 141 Å². The van der Waals surface area contributed by atoms with Gasteiger partial charge in [0.15, 0.2) is 0 Å². The first-order chi connectivity index (χ1) is 11.2. The highest BCUT2D eigenvalue weighted by Gasteiger charge is 2.34. The molecule has 2 unspecified atom stereocenters. The van der Waals surface area contributed by atoms with Crippen LogP contribution in [-0.4, -0.2) is 11.9 Å². The lowest BCUT2D eigenvalue weighted by atomic mass is 9.78. The molecule has 0 aromatic rings. The molecule has 0 spiro atoms. The molecule has 0 bridgehead atoms. The van der Waals surface area contributed by atoms with E-state index in [0.29, 0.717) is 11.8 Å². The molecule has 3 nitrogen and oxygen atoms in total. The van der Waals surface area contributed by atoms with Crippen LogP contribution in [0.1, 0.15) is 90.9 Å². The molecule has 3 heteroatoms. The summed E-state index contributed by atoms with van der Waals surface area (Å²) >= 11 is 0. The molecule has 0 saturated heterocycles. The maximum atomic E-state index is 12.5. The number of carbonyl (C=O) groups excluding carboxylic acids is 2. The van der Waals surface area contributed by atoms with E-state index in [9.17, 15) is 9.59 Å². The Hall–Kier alpha value is -0.860. The summed E-state index contributed by atoms with van der Waals surface area (Å²) in [6, 6.07) is 0. The van der Waals surface area contributed by atoms with Gasteiger partial charge in [0.1, 0.15) is 0 Å². The number of hydrogen-bond acceptors (Lipinski definition) is 3. The van der Waals surface area contributed by atoms with Crippen molar-refractivity contribution in [3.8, 4) is 0 Å². The fourth-order valence-electron chi connectivity index (χ4n) is 4.71. The van der Waals surface area contributed by atoms with Crippen LogP contribution in [0.3, 0.4) is 0 Å². The SMILES string of the molecule is CCC(C(=O)OC(=O)C(CC)C1CCCCC1)C1CCCCC1. The number of carbonyl (C=O) groups is 2. The van der Waals surface area contributed by atoms with Gasteiger partial charge in [0.2, 0.25) is 0 Å². The predicted octanol–water partition coefficient (Wildman–Crippen LogP) is 5.27. The molecule has 0 heterocycles. The summed E-state index contributed by atoms with van der Waals surface area (Å²) in [7, 11) is 0. The van der Waals surface area contributed by atoms with Gasteiger partial charge in [-0.1, -0.05) is 52.4 Å². The third kappa shape index (κ3) is 5.06. The second-order valence-electron chi connectivity index (χ2n) is 7.57. The molecule has 2 rings (SSSR count). The highest BCUT2D eigenvalue weighted by Crippen LogP contribution is 2.35. The molecule has 0 N–H and O–H groups in total. The largest absolute Gasteiger partial charge is 0.393 e. The van der Waals surface area contributed by atoms with Crippen LogP contribution in [0, 0.1) is 23.7 Å². The van der Waals surface area contributed by atoms with E-state index in [4.69, 9.17) is 4.74 Å². The summed E-state index contributed by atoms with van der Waals surface area (Å²) in [5, 5.41) is 0. The van der Waals surface area contributed by atoms with Crippen LogP contribution in [0.15, 0.2) is 0 Å². The first-order valence-electron chi connectivity index (χ1n) is 9.92. The van der Waals surface area contributed by atoms with Crippen molar-refractivity contribution < 1.29 is 14.3 Å². The minimum Gasteiger partial charge on any atom is -0.393 e. The maximum Gasteiger partial charge on any atom is 0.316 e. The second kappa shape index (κ2) is 9.44. The van der Waals surface area contributed by atoms with E-state index in [-0.39, 0.29) is 23.8 Å². The third-order valence-corrected chi connectivity index (χ3v) is 6.12. The third-order valence-electron chi connectivity index (χ3n) is 6.12. The quantitative estimate of drug-likeness (QED) is 0.494. The van der Waals surface area contributed by atoms with Gasteiger partial charge in [-0.05, 0) is 50.4 Å². The standard InChI is InChI=1S/C20H34O3/c1-3-17(15-11-7-5-8-12-15)19(21)23-20(22)18(4-2)16-13-9-6-10-14-16/h15-18H,3-14H2,1-2H3. The molecule has 2 atom stereocenters. The highest BCUT2D eigenvalue weighted by molar-refractivity contribution is 5.88. The summed E-state index contributed by atoms with van der Waals surface area (Å²) in [5.41, 5.74) is 0. The van der Waals surface area contributed by atoms with Gasteiger partial charge in [-0.3, -0.25) is 9.59 Å². The normalized spacial score (nSPS) is 23.2. The monoisotopic (exact) mass is 322 g/mol. The first-order valence-corrected chi connectivity index (χ1v) is 9.92. The summed E-state index contributed by atoms with van der Waals surface area (Å²) in [6.45, 7) is 4.09. The van der Waals surface area contributed by atoms with Crippen LogP contribution in [0.2, 0.25) is 0 Å². The Morgan fingerprint density at radius 3 is 1.39 bits per heavy atom. The molecule has 0 aromatic carbocycles. The van der Waals surface area contributed by atoms with Gasteiger partial charge in [0.25, 0.3) is 0 Å². The Morgan fingerprint density at radius 1 is 0.739 bits per heavy atom. The zero-order valence-electron chi connectivity index (χ0n) is 15.0. The molecule has 2 aliphatic carbocycles. The lowest BCUT2D eigenvalue weighted by Crippen LogP contribution is -2.33. The number of ether oxygens (including phenoxy) is 1. The molecule has 132 valence electrons. The average molecular weight is 322 g/mol. The summed E-state index contributed by atoms with van der Waals surface area (Å²) in [4.78, 5) is 25.1. The second-order valence-corrected chi connectivity index (χ2v) is 7.57. The van der Waals surface area contributed by atoms with Crippen molar-refractivity contribution in [3.63, 3.8) is 0 Å². The lowest BCUT2D eigenvalue weighted by Gasteiger charge is -2.30. The zero-order valence-corrected chi connectivity index (χ0v) is 15.0. The fraction of sp³-hybridized carbons (Fsp3) is 0.900. The van der Waals surface area contributed by atoms with Gasteiger partial charge in [-0.25, -0.2) is 0 Å². The molecule has 2 saturated carbocycles. The van der Waals surface area contributed by atoms with Crippen LogP contribution in [0.25, 0.3) is 0 Å². The van der Waals surface area contributed by atoms with Crippen molar-refractivity contribution in [2.24, 2.45) is 23.7 Å². The lowest BCUT2D eigenvalue weighted by molar-refractivity contribution is -0.168. The van der Waals surface area contributed by atoms with E-state index in [2.05, 4.69) is 0 Å². The molecule has 0 radical (unpaired) electrons. The van der Waals surface area contributed by atoms with E-state index in [1.165, 1.54) is 38.5 Å². The Morgan fingerprint density at radius 2 is 1.09 bits per heavy atom. The van der Waals surface area contributed by atoms with Gasteiger partial charge in [-0.15, -0.1) is 0 Å². The van der Waals surface area contributed by atoms with Crippen LogP contribution >= 0.6 is 0 Å². The van der Waals surface area contributed by atoms with Crippen molar-refractivity contribution in [2.45, 2.75) is 90.9 Å². The Balaban J connectivity index is 1.91. The summed E-state index contributed by atoms with van der Waals surface area (Å²) in [6.07, 6.45) is 13.4. The van der Waals surface area contributed by atoms with Crippen LogP contribution in [0.5, 0.6) is 0 Å². The van der Waals surface area contributed by atoms with E-state index in [0.717, 1.165) is 38.5 Å². The van der Waals surface area contributed by atoms with Gasteiger partial charge in [0.05, 0.1) is 11.8 Å². The predicted molar refractivity (Wildman–Crippen MR) is 91.8 cm³/mol. The number of rotatable bonds is 6. The molecular formula is C20H34O3. The maximum absolute atomic E-state index is 12.5. The van der Waals surface area contributed by atoms with Gasteiger partial charge >= 0.3 is 11.9 Å². The van der Waals surface area contributed by atoms with Crippen molar-refractivity contribution in [1.82, 2.24) is 0 Å². The van der Waals surface area contributed by atoms with Crippen molar-refractivity contribution in [2.75, 3.05) is 0 Å². The molecular weight excluding hydrogens is 288 g/mol. The molecule has 0 aromatic heterocycles. The smallest absolute Gasteiger partial charge is 0.316 e.